The average Bonchev–Trinajstić information content (AvgIpc) is 3.49. The number of nitrogens with one attached hydrogen (secondary N) is 1. The maximum Gasteiger partial charge on any atom is 0.279 e. The smallest absolute Gasteiger partial charge is 0.256 e. The lowest BCUT2D eigenvalue weighted by Crippen LogP contribution is -2.34. The van der Waals surface area contributed by atoms with E-state index in [0.717, 1.165) is 9.09 Å². The number of alkyl halides is 2. The van der Waals surface area contributed by atoms with E-state index < -0.39 is 32.0 Å². The van der Waals surface area contributed by atoms with E-state index in [0.29, 0.717) is 27.8 Å². The minimum absolute atomic E-state index is 0.0594. The topological polar surface area (TPSA) is 98.1 Å². The zero-order chi connectivity index (χ0) is 25.5. The largest absolute Gasteiger partial charge is 0.279 e. The molecule has 1 saturated heterocycles. The first-order chi connectivity index (χ1) is 17.2. The molecule has 1 fully saturated rings. The number of pyridine rings is 1. The molecule has 0 aliphatic carbocycles. The molecule has 1 aliphatic heterocycles. The van der Waals surface area contributed by atoms with Gasteiger partial charge in [0.15, 0.2) is 5.65 Å². The highest BCUT2D eigenvalue weighted by molar-refractivity contribution is 7.99. The predicted molar refractivity (Wildman–Crippen MR) is 138 cm³/mol. The molecule has 5 rings (SSSR count). The molecule has 0 saturated carbocycles. The van der Waals surface area contributed by atoms with Crippen molar-refractivity contribution in [3.05, 3.63) is 66.5 Å². The summed E-state index contributed by atoms with van der Waals surface area (Å²) in [4.78, 5) is 4.83. The highest BCUT2D eigenvalue weighted by Crippen LogP contribution is 2.39. The molecule has 0 unspecified atom stereocenters. The van der Waals surface area contributed by atoms with Crippen LogP contribution in [0.2, 0.25) is 0 Å². The number of thiophene rings is 1. The summed E-state index contributed by atoms with van der Waals surface area (Å²) in [6, 6.07) is 14.1. The molecule has 3 aromatic heterocycles. The lowest BCUT2D eigenvalue weighted by molar-refractivity contribution is 0.145. The number of hydrogen-bond donors (Lipinski definition) is 1. The third-order valence-corrected chi connectivity index (χ3v) is 11.6. The summed E-state index contributed by atoms with van der Waals surface area (Å²) in [5, 5.41) is 0.316. The molecular weight excluding hydrogens is 549 g/mol. The molecule has 1 aromatic carbocycles. The van der Waals surface area contributed by atoms with Crippen LogP contribution >= 0.6 is 23.3 Å². The first-order valence-electron chi connectivity index (χ1n) is 11.0. The van der Waals surface area contributed by atoms with E-state index in [1.54, 1.807) is 12.1 Å². The minimum atomic E-state index is -4.30. The molecule has 7 nitrogen and oxygen atoms in total. The Morgan fingerprint density at radius 1 is 1.08 bits per heavy atom. The van der Waals surface area contributed by atoms with E-state index in [2.05, 4.69) is 9.71 Å². The predicted octanol–water partition coefficient (Wildman–Crippen LogP) is 5.11. The van der Waals surface area contributed by atoms with Crippen molar-refractivity contribution in [2.45, 2.75) is 34.4 Å². The van der Waals surface area contributed by atoms with E-state index in [1.165, 1.54) is 59.8 Å². The van der Waals surface area contributed by atoms with Crippen molar-refractivity contribution < 1.29 is 25.6 Å². The molecule has 36 heavy (non-hydrogen) atoms. The van der Waals surface area contributed by atoms with Gasteiger partial charge in [-0.2, -0.15) is 0 Å². The quantitative estimate of drug-likeness (QED) is 0.309. The van der Waals surface area contributed by atoms with Crippen LogP contribution in [-0.4, -0.2) is 43.3 Å². The van der Waals surface area contributed by atoms with E-state index >= 15 is 0 Å². The van der Waals surface area contributed by atoms with Crippen molar-refractivity contribution in [3.8, 4) is 10.4 Å². The first-order valence-corrected chi connectivity index (χ1v) is 15.9. The Hall–Kier alpha value is -2.32. The first kappa shape index (κ1) is 25.3. The molecule has 1 aliphatic rings. The zero-order valence-electron chi connectivity index (χ0n) is 18.7. The summed E-state index contributed by atoms with van der Waals surface area (Å²) in [6.07, 6.45) is -0.503. The second-order valence-corrected chi connectivity index (χ2v) is 14.6. The Morgan fingerprint density at radius 3 is 2.50 bits per heavy atom. The van der Waals surface area contributed by atoms with Crippen LogP contribution in [0.5, 0.6) is 0 Å². The van der Waals surface area contributed by atoms with Gasteiger partial charge in [-0.1, -0.05) is 18.2 Å². The van der Waals surface area contributed by atoms with E-state index in [4.69, 9.17) is 0 Å². The fourth-order valence-electron chi connectivity index (χ4n) is 4.08. The van der Waals surface area contributed by atoms with Crippen LogP contribution in [0.4, 0.5) is 8.78 Å². The Kier molecular flexibility index (Phi) is 6.94. The van der Waals surface area contributed by atoms with E-state index in [-0.39, 0.29) is 28.1 Å². The van der Waals surface area contributed by atoms with Gasteiger partial charge in [-0.15, -0.1) is 11.3 Å². The molecule has 0 amide bonds. The van der Waals surface area contributed by atoms with Gasteiger partial charge in [0.1, 0.15) is 15.5 Å². The second-order valence-electron chi connectivity index (χ2n) is 8.31. The van der Waals surface area contributed by atoms with Crippen LogP contribution in [0, 0.1) is 0 Å². The van der Waals surface area contributed by atoms with Crippen LogP contribution < -0.4 is 4.72 Å². The summed E-state index contributed by atoms with van der Waals surface area (Å²) in [5.74, 6) is 0.344. The highest BCUT2D eigenvalue weighted by atomic mass is 32.2. The van der Waals surface area contributed by atoms with Crippen molar-refractivity contribution in [2.75, 3.05) is 11.5 Å². The van der Waals surface area contributed by atoms with Crippen molar-refractivity contribution >= 4 is 54.2 Å². The fraction of sp³-hybridized carbons (Fsp3) is 0.261. The summed E-state index contributed by atoms with van der Waals surface area (Å²) in [6.45, 7) is 0. The second kappa shape index (κ2) is 9.86. The third-order valence-electron chi connectivity index (χ3n) is 5.92. The maximum atomic E-state index is 14.0. The van der Waals surface area contributed by atoms with Gasteiger partial charge in [0.2, 0.25) is 0 Å². The summed E-state index contributed by atoms with van der Waals surface area (Å²) in [7, 11) is -7.24. The lowest BCUT2D eigenvalue weighted by Gasteiger charge is -2.21. The fourth-order valence-corrected chi connectivity index (χ4v) is 9.08. The number of sulfone groups is 1. The molecule has 1 N–H and O–H groups in total. The van der Waals surface area contributed by atoms with Crippen LogP contribution in [0.3, 0.4) is 0 Å². The lowest BCUT2D eigenvalue weighted by atomic mass is 10.1. The monoisotopic (exact) mass is 569 g/mol. The van der Waals surface area contributed by atoms with Gasteiger partial charge >= 0.3 is 0 Å². The van der Waals surface area contributed by atoms with Crippen LogP contribution in [0.25, 0.3) is 21.5 Å². The summed E-state index contributed by atoms with van der Waals surface area (Å²) >= 11 is 2.82. The van der Waals surface area contributed by atoms with E-state index in [9.17, 15) is 25.6 Å². The molecule has 0 bridgehead atoms. The number of benzene rings is 1. The molecule has 0 atom stereocenters. The van der Waals surface area contributed by atoms with Gasteiger partial charge in [-0.3, -0.25) is 4.72 Å². The number of fused-ring (bicyclic) bond motifs is 1. The molecule has 4 heterocycles. The van der Waals surface area contributed by atoms with Crippen molar-refractivity contribution in [3.63, 3.8) is 0 Å². The van der Waals surface area contributed by atoms with Gasteiger partial charge in [-0.25, -0.2) is 34.6 Å². The van der Waals surface area contributed by atoms with Crippen molar-refractivity contribution in [1.82, 2.24) is 13.7 Å². The molecular formula is C23H21F2N3O4S4. The van der Waals surface area contributed by atoms with Crippen LogP contribution in [0.15, 0.2) is 69.9 Å². The number of nitrogens with zero attached hydrogens (tertiary/aromatic N) is 2. The van der Waals surface area contributed by atoms with Gasteiger partial charge < -0.3 is 0 Å². The Bertz CT molecular complexity index is 1600. The third kappa shape index (κ3) is 4.94. The minimum Gasteiger partial charge on any atom is -0.256 e. The number of halogens is 2. The van der Waals surface area contributed by atoms with E-state index in [1.807, 2.05) is 12.1 Å². The molecule has 190 valence electrons. The van der Waals surface area contributed by atoms with Gasteiger partial charge in [0, 0.05) is 28.1 Å². The molecule has 4 aromatic rings. The highest BCUT2D eigenvalue weighted by Gasteiger charge is 2.29. The zero-order valence-corrected chi connectivity index (χ0v) is 21.9. The standard InChI is InChI=1S/C23H21F2N3O4S4/c24-22(25)19-14-18-17(8-11-26-23(18)28(19)36(31,32)16-4-2-1-3-5-16)20-6-7-21(33-20)34-27-15-9-12-35(29,30)13-10-15/h1-8,11,14-15,22,27H,9-10,12-13H2. The Balaban J connectivity index is 1.48. The number of aromatic nitrogens is 2. The van der Waals surface area contributed by atoms with Gasteiger partial charge in [0.25, 0.3) is 16.4 Å². The Morgan fingerprint density at radius 2 is 1.81 bits per heavy atom. The van der Waals surface area contributed by atoms with Crippen molar-refractivity contribution in [1.29, 1.82) is 0 Å². The van der Waals surface area contributed by atoms with Crippen LogP contribution in [0.1, 0.15) is 25.0 Å². The number of rotatable bonds is 7. The summed E-state index contributed by atoms with van der Waals surface area (Å²) < 4.78 is 82.7. The molecule has 13 heteroatoms. The Labute approximate surface area is 215 Å². The summed E-state index contributed by atoms with van der Waals surface area (Å²) in [5.41, 5.74) is -0.103. The normalized spacial score (nSPS) is 16.6. The molecule has 0 radical (unpaired) electrons. The van der Waals surface area contributed by atoms with Gasteiger partial charge in [0.05, 0.1) is 20.6 Å². The number of hydrogen-bond acceptors (Lipinski definition) is 8. The van der Waals surface area contributed by atoms with Crippen molar-refractivity contribution in [2.24, 2.45) is 0 Å². The van der Waals surface area contributed by atoms with Gasteiger partial charge in [-0.05, 0) is 61.2 Å². The van der Waals surface area contributed by atoms with Crippen LogP contribution in [-0.2, 0) is 19.9 Å². The average molecular weight is 570 g/mol. The maximum absolute atomic E-state index is 14.0. The molecule has 0 spiro atoms. The SMILES string of the molecule is O=S1(=O)CCC(NSc2ccc(-c3ccnc4c3cc(C(F)F)n4S(=O)(=O)c3ccccc3)s2)CC1.